The molecule has 0 atom stereocenters. The topological polar surface area (TPSA) is 20.2 Å². The first-order chi connectivity index (χ1) is 3.79. The summed E-state index contributed by atoms with van der Waals surface area (Å²) >= 11 is 5.50. The Bertz CT molecular complexity index is 147. The van der Waals surface area contributed by atoms with Crippen molar-refractivity contribution in [2.75, 3.05) is 0 Å². The van der Waals surface area contributed by atoms with E-state index in [0.717, 1.165) is 0 Å². The molecular weight excluding hydrogens is 129 g/mol. The van der Waals surface area contributed by atoms with E-state index in [0.29, 0.717) is 5.02 Å². The van der Waals surface area contributed by atoms with Crippen molar-refractivity contribution in [3.05, 3.63) is 29.3 Å². The third kappa shape index (κ3) is 1.14. The molecule has 0 unspecified atom stereocenters. The van der Waals surface area contributed by atoms with E-state index < -0.39 is 0 Å². The number of halogens is 1. The van der Waals surface area contributed by atoms with Crippen molar-refractivity contribution >= 4 is 11.6 Å². The predicted octanol–water partition coefficient (Wildman–Crippen LogP) is 2.05. The molecule has 8 heavy (non-hydrogen) atoms. The summed E-state index contributed by atoms with van der Waals surface area (Å²) in [6, 6.07) is 6.36. The summed E-state index contributed by atoms with van der Waals surface area (Å²) in [5.74, 6) is 0.245. The SMILES string of the molecule is O[13c]1[13cH][13cH][13c](Cl)[13cH][13cH]1. The third-order valence-corrected chi connectivity index (χ3v) is 1.08. The minimum Gasteiger partial charge on any atom is -0.508 e. The van der Waals surface area contributed by atoms with Crippen molar-refractivity contribution in [1.82, 2.24) is 0 Å². The first-order valence-electron chi connectivity index (χ1n) is 2.23. The Morgan fingerprint density at radius 2 is 1.62 bits per heavy atom. The largest absolute Gasteiger partial charge is 0.508 e. The zero-order valence-corrected chi connectivity index (χ0v) is 4.89. The van der Waals surface area contributed by atoms with Gasteiger partial charge in [-0.2, -0.15) is 0 Å². The van der Waals surface area contributed by atoms with Crippen LogP contribution in [0.5, 0.6) is 5.75 Å². The molecule has 0 aliphatic carbocycles. The van der Waals surface area contributed by atoms with Gasteiger partial charge >= 0.3 is 0 Å². The predicted molar refractivity (Wildman–Crippen MR) is 33.1 cm³/mol. The minimum absolute atomic E-state index is 0.245. The van der Waals surface area contributed by atoms with Gasteiger partial charge in [-0.25, -0.2) is 0 Å². The number of aromatic hydroxyl groups is 1. The van der Waals surface area contributed by atoms with Crippen LogP contribution in [0.2, 0.25) is 5.02 Å². The highest BCUT2D eigenvalue weighted by Crippen LogP contribution is 2.12. The number of phenolic OH excluding ortho intramolecular Hbond substituents is 1. The molecule has 2 heteroatoms. The Hall–Kier alpha value is -0.690. The summed E-state index contributed by atoms with van der Waals surface area (Å²) in [7, 11) is 0. The van der Waals surface area contributed by atoms with Gasteiger partial charge in [-0.1, -0.05) is 11.6 Å². The smallest absolute Gasteiger partial charge is 0.115 e. The number of benzene rings is 1. The standard InChI is InChI=1S/C6H5ClO/c7-5-1-3-6(8)4-2-5/h1-4,8H/i1+1,2+1,3+1,4+1,5+1,6+1. The molecule has 1 N–H and O–H groups in total. The van der Waals surface area contributed by atoms with E-state index >= 15 is 0 Å². The van der Waals surface area contributed by atoms with Crippen molar-refractivity contribution in [2.24, 2.45) is 0 Å². The lowest BCUT2D eigenvalue weighted by Gasteiger charge is -1.87. The first-order valence-corrected chi connectivity index (χ1v) is 2.61. The van der Waals surface area contributed by atoms with Crippen molar-refractivity contribution in [1.29, 1.82) is 0 Å². The molecule has 1 aromatic rings. The fourth-order valence-electron chi connectivity index (χ4n) is 0.441. The average molecular weight is 135 g/mol. The Morgan fingerprint density at radius 1 is 1.12 bits per heavy atom. The normalized spacial score (nSPS) is 9.12. The van der Waals surface area contributed by atoms with E-state index in [1.165, 1.54) is 0 Å². The van der Waals surface area contributed by atoms with Crippen LogP contribution in [-0.4, -0.2) is 5.11 Å². The number of hydrogen-bond donors (Lipinski definition) is 1. The summed E-state index contributed by atoms with van der Waals surface area (Å²) in [6.07, 6.45) is 0. The van der Waals surface area contributed by atoms with Crippen LogP contribution in [0.1, 0.15) is 0 Å². The second kappa shape index (κ2) is 2.05. The number of rotatable bonds is 0. The van der Waals surface area contributed by atoms with Crippen molar-refractivity contribution in [3.63, 3.8) is 0 Å². The molecule has 1 rings (SSSR count). The maximum absolute atomic E-state index is 8.70. The number of hydrogen-bond acceptors (Lipinski definition) is 1. The lowest BCUT2D eigenvalue weighted by molar-refractivity contribution is 0.475. The van der Waals surface area contributed by atoms with E-state index in [9.17, 15) is 0 Å². The van der Waals surface area contributed by atoms with E-state index in [1.54, 1.807) is 24.3 Å². The molecule has 1 nitrogen and oxygen atoms in total. The van der Waals surface area contributed by atoms with Crippen LogP contribution < -0.4 is 0 Å². The van der Waals surface area contributed by atoms with Gasteiger partial charge in [0.05, 0.1) is 0 Å². The van der Waals surface area contributed by atoms with Gasteiger partial charge in [0.2, 0.25) is 0 Å². The monoisotopic (exact) mass is 134 g/mol. The molecule has 0 saturated heterocycles. The van der Waals surface area contributed by atoms with Gasteiger partial charge in [0.15, 0.2) is 0 Å². The average Bonchev–Trinajstić information content (AvgIpc) is 1.77. The molecule has 0 saturated carbocycles. The molecule has 0 radical (unpaired) electrons. The third-order valence-electron chi connectivity index (χ3n) is 0.827. The Kier molecular flexibility index (Phi) is 1.40. The minimum atomic E-state index is 0.245. The van der Waals surface area contributed by atoms with Crippen molar-refractivity contribution in [3.8, 4) is 5.75 Å². The lowest BCUT2D eigenvalue weighted by atomic mass is 11.3. The summed E-state index contributed by atoms with van der Waals surface area (Å²) in [5.41, 5.74) is 0. The van der Waals surface area contributed by atoms with Gasteiger partial charge < -0.3 is 5.11 Å². The van der Waals surface area contributed by atoms with Gasteiger partial charge in [-0.15, -0.1) is 0 Å². The van der Waals surface area contributed by atoms with Gasteiger partial charge in [-0.05, 0) is 24.3 Å². The molecule has 0 amide bonds. The molecule has 42 valence electrons. The van der Waals surface area contributed by atoms with Crippen LogP contribution in [0.4, 0.5) is 0 Å². The molecule has 0 aliphatic heterocycles. The Morgan fingerprint density at radius 3 is 2.00 bits per heavy atom. The van der Waals surface area contributed by atoms with Gasteiger partial charge in [0.25, 0.3) is 0 Å². The molecule has 1 aromatic carbocycles. The molecule has 0 spiro atoms. The van der Waals surface area contributed by atoms with Crippen LogP contribution in [0.3, 0.4) is 0 Å². The second-order valence-electron chi connectivity index (χ2n) is 1.48. The van der Waals surface area contributed by atoms with Crippen molar-refractivity contribution < 1.29 is 5.11 Å². The van der Waals surface area contributed by atoms with Gasteiger partial charge in [0, 0.05) is 5.02 Å². The van der Waals surface area contributed by atoms with E-state index in [2.05, 4.69) is 0 Å². The summed E-state index contributed by atoms with van der Waals surface area (Å²) in [5, 5.41) is 9.34. The highest BCUT2D eigenvalue weighted by molar-refractivity contribution is 6.30. The molecular formula is C6H5ClO. The molecule has 0 heterocycles. The summed E-state index contributed by atoms with van der Waals surface area (Å²) < 4.78 is 0. The van der Waals surface area contributed by atoms with Crippen molar-refractivity contribution in [2.45, 2.75) is 0 Å². The van der Waals surface area contributed by atoms with E-state index in [-0.39, 0.29) is 5.75 Å². The number of phenols is 1. The Balaban J connectivity index is 3.03. The van der Waals surface area contributed by atoms with E-state index in [1.807, 2.05) is 0 Å². The maximum atomic E-state index is 8.70. The highest BCUT2D eigenvalue weighted by Gasteiger charge is 1.84. The van der Waals surface area contributed by atoms with Crippen LogP contribution in [0.15, 0.2) is 24.3 Å². The van der Waals surface area contributed by atoms with Crippen LogP contribution in [0.25, 0.3) is 0 Å². The molecule has 0 fully saturated rings. The summed E-state index contributed by atoms with van der Waals surface area (Å²) in [4.78, 5) is 0. The van der Waals surface area contributed by atoms with Gasteiger partial charge in [-0.3, -0.25) is 0 Å². The van der Waals surface area contributed by atoms with Crippen LogP contribution >= 0.6 is 11.6 Å². The zero-order valence-electron chi connectivity index (χ0n) is 4.13. The van der Waals surface area contributed by atoms with E-state index in [4.69, 9.17) is 16.7 Å². The first kappa shape index (κ1) is 5.45. The van der Waals surface area contributed by atoms with Gasteiger partial charge in [0.1, 0.15) is 5.75 Å². The van der Waals surface area contributed by atoms with Crippen LogP contribution in [0, 0.1) is 0 Å². The van der Waals surface area contributed by atoms with Crippen LogP contribution in [-0.2, 0) is 0 Å². The second-order valence-corrected chi connectivity index (χ2v) is 1.91. The zero-order chi connectivity index (χ0) is 5.98. The Labute approximate surface area is 52.5 Å². The fraction of sp³-hybridized carbons (Fsp3) is 0. The highest BCUT2D eigenvalue weighted by atomic mass is 35.5. The maximum Gasteiger partial charge on any atom is 0.115 e. The molecule has 0 aliphatic rings. The quantitative estimate of drug-likeness (QED) is 0.576. The lowest BCUT2D eigenvalue weighted by Crippen LogP contribution is -1.61. The fourth-order valence-corrected chi connectivity index (χ4v) is 0.567. The molecule has 0 bridgehead atoms. The molecule has 0 aromatic heterocycles. The summed E-state index contributed by atoms with van der Waals surface area (Å²) in [6.45, 7) is 0.